The lowest BCUT2D eigenvalue weighted by atomic mass is 9.93. The number of nitrogens with two attached hydrogens (primary N) is 2. The SMILES string of the molecule is C.C.CC(C)C[C@H](N)C(=O)[C@@]1(C)CO1.CC(C)C[C@H](NC(=O)[C@H](Cc1ccccc1)NC(=O)c1cnccn1)C(=O)[C@@]1(C)CO1.COC(=O)[C@@H](N)Cc1ccccc1.COC(=O)[C@H](Cc1ccccc1)NC(=O)c1cnccn1.O.O=C(N[C@@H](Cc1ccccc1)C(=O)O)c1cnccn1.O=C(O)c1cnccn1.[B]. The number of carbonyl (C=O) groups is 10. The van der Waals surface area contributed by atoms with Crippen LogP contribution < -0.4 is 32.7 Å². The van der Waals surface area contributed by atoms with Crippen LogP contribution in [0.3, 0.4) is 0 Å². The van der Waals surface area contributed by atoms with Crippen LogP contribution in [0, 0.1) is 11.8 Å². The van der Waals surface area contributed by atoms with Gasteiger partial charge in [-0.2, -0.15) is 0 Å². The van der Waals surface area contributed by atoms with Gasteiger partial charge in [-0.3, -0.25) is 53.5 Å². The van der Waals surface area contributed by atoms with Crippen molar-refractivity contribution in [2.45, 2.75) is 142 Å². The number of nitrogens with zero attached hydrogens (tertiary/aromatic N) is 8. The lowest BCUT2D eigenvalue weighted by Gasteiger charge is -2.25. The molecule has 4 aromatic heterocycles. The summed E-state index contributed by atoms with van der Waals surface area (Å²) in [6, 6.07) is 33.2. The Morgan fingerprint density at radius 1 is 0.436 bits per heavy atom. The number of hydrogen-bond donors (Lipinski definition) is 8. The number of ketones is 2. The highest BCUT2D eigenvalue weighted by atomic mass is 16.6. The Balaban J connectivity index is 0.000000684. The number of epoxide rings is 2. The third-order valence-electron chi connectivity index (χ3n) is 15.4. The Kier molecular flexibility index (Phi) is 43.6. The van der Waals surface area contributed by atoms with Gasteiger partial charge in [-0.1, -0.05) is 164 Å². The molecule has 0 spiro atoms. The molecule has 6 heterocycles. The third-order valence-corrected chi connectivity index (χ3v) is 15.4. The molecule has 4 aromatic carbocycles. The van der Waals surface area contributed by atoms with Crippen LogP contribution in [0.4, 0.5) is 0 Å². The molecule has 10 rings (SSSR count). The van der Waals surface area contributed by atoms with Gasteiger partial charge in [0.05, 0.1) is 64.3 Å². The molecule has 2 saturated heterocycles. The van der Waals surface area contributed by atoms with Crippen LogP contribution in [-0.2, 0) is 73.4 Å². The number of benzene rings is 4. The van der Waals surface area contributed by atoms with Crippen LogP contribution in [0.1, 0.15) is 133 Å². The van der Waals surface area contributed by atoms with E-state index in [0.29, 0.717) is 38.4 Å². The summed E-state index contributed by atoms with van der Waals surface area (Å²) in [5.41, 5.74) is 13.9. The maximum atomic E-state index is 13.2. The van der Waals surface area contributed by atoms with Crippen LogP contribution in [0.5, 0.6) is 0 Å². The fourth-order valence-corrected chi connectivity index (χ4v) is 9.60. The van der Waals surface area contributed by atoms with Crippen LogP contribution in [0.25, 0.3) is 0 Å². The average Bonchev–Trinajstić information content (AvgIpc) is 1.65. The number of aromatic carboxylic acids is 1. The number of Topliss-reactive ketones (excluding diaryl/α,β-unsaturated/α-hetero) is 2. The topological polar surface area (TPSA) is 489 Å². The van der Waals surface area contributed by atoms with E-state index >= 15 is 0 Å². The molecular weight excluding hydrogens is 1420 g/mol. The van der Waals surface area contributed by atoms with Crippen LogP contribution in [-0.4, -0.2) is 198 Å². The number of aliphatic carboxylic acids is 1. The van der Waals surface area contributed by atoms with Crippen molar-refractivity contribution in [2.75, 3.05) is 27.4 Å². The molecule has 32 heteroatoms. The number of nitrogens with one attached hydrogen (secondary N) is 4. The van der Waals surface area contributed by atoms with E-state index in [2.05, 4.69) is 79.7 Å². The van der Waals surface area contributed by atoms with E-state index in [1.165, 1.54) is 88.6 Å². The molecule has 2 aliphatic rings. The molecule has 2 aliphatic heterocycles. The molecule has 0 saturated carbocycles. The lowest BCUT2D eigenvalue weighted by Crippen LogP contribution is -2.54. The Hall–Kier alpha value is -11.8. The van der Waals surface area contributed by atoms with E-state index in [9.17, 15) is 53.1 Å². The van der Waals surface area contributed by atoms with Crippen molar-refractivity contribution >= 4 is 67.5 Å². The summed E-state index contributed by atoms with van der Waals surface area (Å²) in [4.78, 5) is 149. The van der Waals surface area contributed by atoms with Gasteiger partial charge in [0.2, 0.25) is 5.91 Å². The zero-order valence-electron chi connectivity index (χ0n) is 61.2. The van der Waals surface area contributed by atoms with Crippen molar-refractivity contribution in [1.82, 2.24) is 61.1 Å². The molecule has 3 radical (unpaired) electrons. The molecule has 8 atom stereocenters. The molecule has 110 heavy (non-hydrogen) atoms. The average molecular weight is 1520 g/mol. The van der Waals surface area contributed by atoms with Crippen molar-refractivity contribution in [2.24, 2.45) is 23.3 Å². The van der Waals surface area contributed by atoms with Crippen LogP contribution >= 0.6 is 0 Å². The Bertz CT molecular complexity index is 4060. The summed E-state index contributed by atoms with van der Waals surface area (Å²) < 4.78 is 19.6. The van der Waals surface area contributed by atoms with Crippen molar-refractivity contribution in [1.29, 1.82) is 0 Å². The normalized spacial score (nSPS) is 15.2. The number of hydrogen-bond acceptors (Lipinski definition) is 24. The van der Waals surface area contributed by atoms with Gasteiger partial charge in [0, 0.05) is 77.3 Å². The van der Waals surface area contributed by atoms with Crippen LogP contribution in [0.15, 0.2) is 196 Å². The first-order chi connectivity index (χ1) is 50.6. The zero-order chi connectivity index (χ0) is 77.6. The van der Waals surface area contributed by atoms with E-state index in [1.807, 2.05) is 135 Å². The standard InChI is InChI=1S/C23H28N4O4.C15H15N3O3.C14H13N3O3.C10H13NO2.C9H17NO2.C5H4N2O2.2CH4.B.H2O/c1-15(2)11-17(20(28)23(3)14-31-23)26-21(29)18(12-16-7-5-4-6-8-16)27-22(30)19-13-24-9-10-25-19;1-21-15(20)12(9-11-5-3-2-4-6-11)18-14(19)13-10-16-7-8-17-13;18-13(12-9-15-6-7-16-12)17-11(14(19)20)8-10-4-2-1-3-5-10;1-13-10(12)9(11)7-8-5-3-2-4-6-8;1-6(2)4-7(10)8(11)9(3)5-12-9;8-5(9)4-3-6-1-2-7-4;;;;/h4-10,13,15,17-18H,11-12,14H2,1-3H3,(H,26,29)(H,27,30);2-8,10,12H,9H2,1H3,(H,18,19);1-7,9,11H,8H2,(H,17,18)(H,19,20);2-6,9H,7,11H2,1H3;6-7H,4-5,10H2,1-3H3;1-3H,(H,8,9);2*1H4;;1H2/t17-,18-,23+;12-;11-;9-;7-,9+;;;;;/m00000...../s1. The molecule has 4 amide bonds. The van der Waals surface area contributed by atoms with Crippen LogP contribution in [0.2, 0.25) is 0 Å². The van der Waals surface area contributed by atoms with Gasteiger partial charge in [-0.05, 0) is 67.2 Å². The Morgan fingerprint density at radius 2 is 0.755 bits per heavy atom. The molecular formula is C78H100BN14O17. The van der Waals surface area contributed by atoms with Crippen molar-refractivity contribution in [3.05, 3.63) is 241 Å². The van der Waals surface area contributed by atoms with Crippen molar-refractivity contribution < 1.29 is 82.6 Å². The minimum atomic E-state index is -1.09. The minimum Gasteiger partial charge on any atom is -0.480 e. The summed E-state index contributed by atoms with van der Waals surface area (Å²) in [6.07, 6.45) is 19.1. The maximum Gasteiger partial charge on any atom is 0.356 e. The number of carboxylic acid groups (broad SMARTS) is 2. The first kappa shape index (κ1) is 96.2. The predicted octanol–water partition coefficient (Wildman–Crippen LogP) is 5.29. The van der Waals surface area contributed by atoms with Gasteiger partial charge in [0.1, 0.15) is 52.5 Å². The summed E-state index contributed by atoms with van der Waals surface area (Å²) in [5.74, 6) is -4.41. The van der Waals surface area contributed by atoms with Gasteiger partial charge in [-0.25, -0.2) is 34.3 Å². The second-order valence-corrected chi connectivity index (χ2v) is 25.2. The third kappa shape index (κ3) is 34.8. The number of esters is 2. The first-order valence-corrected chi connectivity index (χ1v) is 33.6. The van der Waals surface area contributed by atoms with E-state index in [4.69, 9.17) is 30.8 Å². The van der Waals surface area contributed by atoms with E-state index in [0.717, 1.165) is 28.7 Å². The molecule has 587 valence electrons. The predicted molar refractivity (Wildman–Crippen MR) is 409 cm³/mol. The van der Waals surface area contributed by atoms with E-state index < -0.39 is 82.9 Å². The molecule has 12 N–H and O–H groups in total. The number of rotatable bonds is 28. The van der Waals surface area contributed by atoms with E-state index in [-0.39, 0.29) is 93.9 Å². The molecule has 0 aliphatic carbocycles. The van der Waals surface area contributed by atoms with Gasteiger partial charge < -0.3 is 67.4 Å². The minimum absolute atomic E-state index is 0. The number of amides is 4. The van der Waals surface area contributed by atoms with Gasteiger partial charge in [0.15, 0.2) is 17.3 Å². The highest BCUT2D eigenvalue weighted by Gasteiger charge is 2.51. The number of ether oxygens (including phenoxy) is 4. The lowest BCUT2D eigenvalue weighted by molar-refractivity contribution is -0.143. The second kappa shape index (κ2) is 49.9. The van der Waals surface area contributed by atoms with Gasteiger partial charge in [-0.15, -0.1) is 0 Å². The fraction of sp³-hybridized carbons (Fsp3) is 0.359. The largest absolute Gasteiger partial charge is 0.480 e. The number of methoxy groups -OCH3 is 2. The highest BCUT2D eigenvalue weighted by Crippen LogP contribution is 2.30. The first-order valence-electron chi connectivity index (χ1n) is 33.6. The Labute approximate surface area is 642 Å². The summed E-state index contributed by atoms with van der Waals surface area (Å²) >= 11 is 0. The molecule has 2 fully saturated rings. The molecule has 8 aromatic rings. The monoisotopic (exact) mass is 1520 g/mol. The number of carbonyl (C=O) groups excluding carboxylic acids is 8. The molecule has 0 bridgehead atoms. The summed E-state index contributed by atoms with van der Waals surface area (Å²) in [7, 11) is 2.63. The van der Waals surface area contributed by atoms with Gasteiger partial charge >= 0.3 is 23.9 Å². The second-order valence-electron chi connectivity index (χ2n) is 25.2. The molecule has 0 unspecified atom stereocenters. The quantitative estimate of drug-likeness (QED) is 0.0175. The smallest absolute Gasteiger partial charge is 0.356 e. The highest BCUT2D eigenvalue weighted by molar-refractivity contribution is 6.00. The number of carboxylic acids is 2. The summed E-state index contributed by atoms with van der Waals surface area (Å²) in [6.45, 7) is 12.5. The van der Waals surface area contributed by atoms with Crippen molar-refractivity contribution in [3.8, 4) is 0 Å². The number of aromatic nitrogens is 8. The maximum absolute atomic E-state index is 13.2. The summed E-state index contributed by atoms with van der Waals surface area (Å²) in [5, 5.41) is 28.1. The van der Waals surface area contributed by atoms with Gasteiger partial charge in [0.25, 0.3) is 17.7 Å². The zero-order valence-corrected chi connectivity index (χ0v) is 61.2. The Morgan fingerprint density at radius 3 is 1.06 bits per heavy atom. The van der Waals surface area contributed by atoms with Crippen molar-refractivity contribution in [3.63, 3.8) is 0 Å². The fourth-order valence-electron chi connectivity index (χ4n) is 9.60. The van der Waals surface area contributed by atoms with E-state index in [1.54, 1.807) is 13.8 Å². The molecule has 31 nitrogen and oxygen atoms in total.